The van der Waals surface area contributed by atoms with E-state index in [-0.39, 0.29) is 5.54 Å². The summed E-state index contributed by atoms with van der Waals surface area (Å²) in [6.07, 6.45) is 2.47. The Kier molecular flexibility index (Phi) is 5.65. The Morgan fingerprint density at radius 1 is 1.14 bits per heavy atom. The van der Waals surface area contributed by atoms with Crippen molar-refractivity contribution in [3.05, 3.63) is 29.8 Å². The molecule has 3 heteroatoms. The summed E-state index contributed by atoms with van der Waals surface area (Å²) in [6.45, 7) is 10.7. The summed E-state index contributed by atoms with van der Waals surface area (Å²) in [5.74, 6) is 0.738. The lowest BCUT2D eigenvalue weighted by molar-refractivity contribution is 0.139. The third-order valence-electron chi connectivity index (χ3n) is 4.14. The molecule has 3 nitrogen and oxygen atoms in total. The number of piperidine rings is 1. The Morgan fingerprint density at radius 3 is 2.29 bits per heavy atom. The third kappa shape index (κ3) is 5.33. The van der Waals surface area contributed by atoms with Gasteiger partial charge >= 0.3 is 0 Å². The minimum absolute atomic E-state index is 0.169. The molecule has 2 rings (SSSR count). The minimum atomic E-state index is 0.169. The van der Waals surface area contributed by atoms with Crippen LogP contribution < -0.4 is 10.2 Å². The summed E-state index contributed by atoms with van der Waals surface area (Å²) in [6, 6.07) is 9.01. The van der Waals surface area contributed by atoms with Crippen LogP contribution in [0.5, 0.6) is 0 Å². The lowest BCUT2D eigenvalue weighted by Crippen LogP contribution is -2.35. The first-order valence-corrected chi connectivity index (χ1v) is 8.06. The van der Waals surface area contributed by atoms with Gasteiger partial charge in [-0.05, 0) is 57.2 Å². The summed E-state index contributed by atoms with van der Waals surface area (Å²) in [4.78, 5) is 2.49. The number of rotatable bonds is 5. The summed E-state index contributed by atoms with van der Waals surface area (Å²) < 4.78 is 5.27. The summed E-state index contributed by atoms with van der Waals surface area (Å²) in [5.41, 5.74) is 2.87. The highest BCUT2D eigenvalue weighted by Crippen LogP contribution is 2.23. The topological polar surface area (TPSA) is 24.5 Å². The Hall–Kier alpha value is -1.06. The molecular weight excluding hydrogens is 260 g/mol. The van der Waals surface area contributed by atoms with Crippen LogP contribution in [0.25, 0.3) is 0 Å². The quantitative estimate of drug-likeness (QED) is 0.899. The molecule has 1 aromatic rings. The fourth-order valence-electron chi connectivity index (χ4n) is 2.79. The van der Waals surface area contributed by atoms with Crippen molar-refractivity contribution in [2.75, 3.05) is 31.7 Å². The van der Waals surface area contributed by atoms with Crippen molar-refractivity contribution < 1.29 is 4.74 Å². The molecule has 0 saturated carbocycles. The maximum atomic E-state index is 5.27. The van der Waals surface area contributed by atoms with Crippen LogP contribution in [0.3, 0.4) is 0 Å². The number of hydrogen-bond donors (Lipinski definition) is 1. The summed E-state index contributed by atoms with van der Waals surface area (Å²) in [5, 5.41) is 3.53. The van der Waals surface area contributed by atoms with E-state index in [0.717, 1.165) is 32.2 Å². The minimum Gasteiger partial charge on any atom is -0.384 e. The Labute approximate surface area is 129 Å². The first-order valence-electron chi connectivity index (χ1n) is 8.06. The van der Waals surface area contributed by atoms with Gasteiger partial charge < -0.3 is 15.0 Å². The van der Waals surface area contributed by atoms with Crippen molar-refractivity contribution in [2.24, 2.45) is 5.92 Å². The molecule has 0 aromatic heterocycles. The molecule has 1 aliphatic heterocycles. The molecular formula is C18H30N2O. The molecule has 0 unspecified atom stereocenters. The van der Waals surface area contributed by atoms with Crippen LogP contribution >= 0.6 is 0 Å². The van der Waals surface area contributed by atoms with E-state index in [0.29, 0.717) is 0 Å². The molecule has 21 heavy (non-hydrogen) atoms. The smallest absolute Gasteiger partial charge is 0.0491 e. The van der Waals surface area contributed by atoms with Gasteiger partial charge in [0.2, 0.25) is 0 Å². The van der Waals surface area contributed by atoms with Crippen LogP contribution in [0.2, 0.25) is 0 Å². The van der Waals surface area contributed by atoms with Crippen molar-refractivity contribution in [1.29, 1.82) is 0 Å². The molecule has 0 atom stereocenters. The Morgan fingerprint density at radius 2 is 1.76 bits per heavy atom. The molecule has 1 N–H and O–H groups in total. The molecule has 0 radical (unpaired) electrons. The van der Waals surface area contributed by atoms with Crippen molar-refractivity contribution in [3.63, 3.8) is 0 Å². The van der Waals surface area contributed by atoms with Gasteiger partial charge in [-0.15, -0.1) is 0 Å². The van der Waals surface area contributed by atoms with Crippen molar-refractivity contribution in [1.82, 2.24) is 5.32 Å². The van der Waals surface area contributed by atoms with Crippen LogP contribution in [-0.2, 0) is 11.3 Å². The van der Waals surface area contributed by atoms with Gasteiger partial charge in [0.05, 0.1) is 0 Å². The van der Waals surface area contributed by atoms with E-state index in [1.54, 1.807) is 7.11 Å². The predicted octanol–water partition coefficient (Wildman–Crippen LogP) is 3.44. The fourth-order valence-corrected chi connectivity index (χ4v) is 2.79. The van der Waals surface area contributed by atoms with Crippen LogP contribution in [0.4, 0.5) is 5.69 Å². The summed E-state index contributed by atoms with van der Waals surface area (Å²) >= 11 is 0. The van der Waals surface area contributed by atoms with Crippen molar-refractivity contribution in [2.45, 2.75) is 45.7 Å². The van der Waals surface area contributed by atoms with E-state index < -0.39 is 0 Å². The van der Waals surface area contributed by atoms with Crippen LogP contribution in [0, 0.1) is 5.92 Å². The normalized spacial score (nSPS) is 17.2. The lowest BCUT2D eigenvalue weighted by atomic mass is 9.97. The molecule has 1 aromatic carbocycles. The average Bonchev–Trinajstić information content (AvgIpc) is 2.46. The standard InChI is InChI=1S/C18H30N2O/c1-18(2,3)19-13-15-5-7-17(8-6-15)20-11-9-16(10-12-20)14-21-4/h5-8,16,19H,9-14H2,1-4H3. The van der Waals surface area contributed by atoms with E-state index in [1.165, 1.54) is 24.1 Å². The van der Waals surface area contributed by atoms with Gasteiger partial charge in [0.15, 0.2) is 0 Å². The molecule has 0 spiro atoms. The molecule has 118 valence electrons. The van der Waals surface area contributed by atoms with Gasteiger partial charge in [-0.2, -0.15) is 0 Å². The average molecular weight is 290 g/mol. The van der Waals surface area contributed by atoms with Gasteiger partial charge in [0.25, 0.3) is 0 Å². The third-order valence-corrected chi connectivity index (χ3v) is 4.14. The molecule has 0 aliphatic carbocycles. The van der Waals surface area contributed by atoms with Gasteiger partial charge in [-0.25, -0.2) is 0 Å². The molecule has 1 aliphatic rings. The second kappa shape index (κ2) is 7.28. The summed E-state index contributed by atoms with van der Waals surface area (Å²) in [7, 11) is 1.80. The zero-order valence-corrected chi connectivity index (χ0v) is 14.0. The van der Waals surface area contributed by atoms with Gasteiger partial charge in [0, 0.05) is 44.6 Å². The number of methoxy groups -OCH3 is 1. The van der Waals surface area contributed by atoms with Crippen molar-refractivity contribution in [3.8, 4) is 0 Å². The van der Waals surface area contributed by atoms with Crippen LogP contribution in [0.1, 0.15) is 39.2 Å². The highest BCUT2D eigenvalue weighted by molar-refractivity contribution is 5.48. The SMILES string of the molecule is COCC1CCN(c2ccc(CNC(C)(C)C)cc2)CC1. The highest BCUT2D eigenvalue weighted by Gasteiger charge is 2.19. The number of nitrogens with zero attached hydrogens (tertiary/aromatic N) is 1. The second-order valence-corrected chi connectivity index (χ2v) is 7.16. The lowest BCUT2D eigenvalue weighted by Gasteiger charge is -2.33. The monoisotopic (exact) mass is 290 g/mol. The Balaban J connectivity index is 1.85. The fraction of sp³-hybridized carbons (Fsp3) is 0.667. The van der Waals surface area contributed by atoms with E-state index in [1.807, 2.05) is 0 Å². The van der Waals surface area contributed by atoms with Gasteiger partial charge in [-0.1, -0.05) is 12.1 Å². The molecule has 0 bridgehead atoms. The van der Waals surface area contributed by atoms with Gasteiger partial charge in [0.1, 0.15) is 0 Å². The zero-order valence-electron chi connectivity index (χ0n) is 14.0. The maximum absolute atomic E-state index is 5.27. The molecule has 1 heterocycles. The van der Waals surface area contributed by atoms with E-state index in [2.05, 4.69) is 55.3 Å². The second-order valence-electron chi connectivity index (χ2n) is 7.16. The first-order chi connectivity index (χ1) is 9.98. The molecule has 1 fully saturated rings. The van der Waals surface area contributed by atoms with E-state index >= 15 is 0 Å². The Bertz CT molecular complexity index is 414. The largest absolute Gasteiger partial charge is 0.384 e. The zero-order chi connectivity index (χ0) is 15.3. The number of ether oxygens (including phenoxy) is 1. The maximum Gasteiger partial charge on any atom is 0.0491 e. The highest BCUT2D eigenvalue weighted by atomic mass is 16.5. The molecule has 0 amide bonds. The molecule has 1 saturated heterocycles. The van der Waals surface area contributed by atoms with Crippen molar-refractivity contribution >= 4 is 5.69 Å². The van der Waals surface area contributed by atoms with Gasteiger partial charge in [-0.3, -0.25) is 0 Å². The first kappa shape index (κ1) is 16.3. The number of benzene rings is 1. The predicted molar refractivity (Wildman–Crippen MR) is 89.8 cm³/mol. The number of hydrogen-bond acceptors (Lipinski definition) is 3. The number of anilines is 1. The van der Waals surface area contributed by atoms with Crippen LogP contribution in [-0.4, -0.2) is 32.3 Å². The van der Waals surface area contributed by atoms with E-state index in [9.17, 15) is 0 Å². The van der Waals surface area contributed by atoms with Crippen LogP contribution in [0.15, 0.2) is 24.3 Å². The van der Waals surface area contributed by atoms with E-state index in [4.69, 9.17) is 4.74 Å². The number of nitrogens with one attached hydrogen (secondary N) is 1.